The highest BCUT2D eigenvalue weighted by molar-refractivity contribution is 5.86. The molecule has 6 aliphatic carbocycles. The molecule has 4 aliphatic heterocycles. The number of para-hydroxylation sites is 2. The van der Waals surface area contributed by atoms with Crippen LogP contribution >= 0.6 is 0 Å². The number of hydrogen-bond acceptors (Lipinski definition) is 8. The van der Waals surface area contributed by atoms with Gasteiger partial charge in [-0.05, 0) is 150 Å². The molecule has 0 radical (unpaired) electrons. The fraction of sp³-hybridized carbons (Fsp3) is 0.552. The fourth-order valence-corrected chi connectivity index (χ4v) is 14.9. The van der Waals surface area contributed by atoms with E-state index in [1.54, 1.807) is 0 Å². The van der Waals surface area contributed by atoms with E-state index >= 15 is 0 Å². The Bertz CT molecular complexity index is 2600. The number of aromatic amines is 2. The second-order valence-corrected chi connectivity index (χ2v) is 22.8. The Balaban J connectivity index is 0.000000137. The molecule has 0 amide bonds. The Morgan fingerprint density at radius 2 is 1.01 bits per heavy atom. The second kappa shape index (κ2) is 18.0. The Morgan fingerprint density at radius 1 is 0.586 bits per heavy atom. The predicted octanol–water partition coefficient (Wildman–Crippen LogP) is 10.5. The first-order valence-corrected chi connectivity index (χ1v) is 26.8. The first kappa shape index (κ1) is 45.0. The molecule has 4 bridgehead atoms. The van der Waals surface area contributed by atoms with E-state index in [9.17, 15) is 8.78 Å². The first-order chi connectivity index (χ1) is 34.3. The van der Waals surface area contributed by atoms with Crippen molar-refractivity contribution in [2.75, 3.05) is 52.6 Å². The van der Waals surface area contributed by atoms with Crippen LogP contribution in [0.4, 0.5) is 8.78 Å². The average Bonchev–Trinajstić information content (AvgIpc) is 4.13. The molecule has 6 atom stereocenters. The molecule has 0 spiro atoms. The van der Waals surface area contributed by atoms with Crippen molar-refractivity contribution in [3.05, 3.63) is 119 Å². The van der Waals surface area contributed by atoms with Gasteiger partial charge in [-0.3, -0.25) is 38.3 Å². The Kier molecular flexibility index (Phi) is 11.6. The van der Waals surface area contributed by atoms with Crippen LogP contribution < -0.4 is 9.47 Å². The van der Waals surface area contributed by atoms with Gasteiger partial charge in [0.1, 0.15) is 23.7 Å². The fourth-order valence-electron chi connectivity index (χ4n) is 14.9. The third kappa shape index (κ3) is 7.76. The lowest BCUT2D eigenvalue weighted by molar-refractivity contribution is -0.174. The molecule has 368 valence electrons. The summed E-state index contributed by atoms with van der Waals surface area (Å²) in [4.78, 5) is 27.8. The molecule has 2 saturated heterocycles. The van der Waals surface area contributed by atoms with Crippen LogP contribution in [-0.4, -0.2) is 128 Å². The molecule has 12 heteroatoms. The number of fused-ring (bicyclic) bond motifs is 6. The smallest absolute Gasteiger partial charge is 0.138 e. The first-order valence-electron chi connectivity index (χ1n) is 26.8. The van der Waals surface area contributed by atoms with Crippen LogP contribution in [0.2, 0.25) is 0 Å². The number of H-pyrrole nitrogens is 2. The summed E-state index contributed by atoms with van der Waals surface area (Å²) in [5, 5.41) is 2.71. The van der Waals surface area contributed by atoms with E-state index < -0.39 is 0 Å². The normalized spacial score (nSPS) is 32.3. The van der Waals surface area contributed by atoms with Crippen LogP contribution in [0, 0.1) is 11.8 Å². The summed E-state index contributed by atoms with van der Waals surface area (Å²) in [6.07, 6.45) is 17.6. The van der Waals surface area contributed by atoms with Gasteiger partial charge in [0, 0.05) is 95.6 Å². The molecule has 4 aromatic heterocycles. The quantitative estimate of drug-likeness (QED) is 0.112. The lowest BCUT2D eigenvalue weighted by Gasteiger charge is -2.69. The van der Waals surface area contributed by atoms with Crippen LogP contribution in [0.25, 0.3) is 21.8 Å². The van der Waals surface area contributed by atoms with Gasteiger partial charge in [0.25, 0.3) is 0 Å². The lowest BCUT2D eigenvalue weighted by Crippen LogP contribution is -2.71. The summed E-state index contributed by atoms with van der Waals surface area (Å²) in [7, 11) is 0. The molecule has 0 unspecified atom stereocenters. The number of halogens is 2. The summed E-state index contributed by atoms with van der Waals surface area (Å²) in [5.74, 6) is 3.55. The molecular weight excluding hydrogens is 879 g/mol. The minimum atomic E-state index is -0.246. The van der Waals surface area contributed by atoms with E-state index in [4.69, 9.17) is 19.4 Å². The number of nitrogens with one attached hydrogen (secondary N) is 2. The van der Waals surface area contributed by atoms with E-state index in [-0.39, 0.29) is 37.6 Å². The summed E-state index contributed by atoms with van der Waals surface area (Å²) in [6, 6.07) is 27.3. The molecule has 70 heavy (non-hydrogen) atoms. The number of nitrogens with zero attached hydrogens (tertiary/aromatic N) is 6. The van der Waals surface area contributed by atoms with Crippen LogP contribution in [-0.2, 0) is 12.8 Å². The molecule has 10 nitrogen and oxygen atoms in total. The van der Waals surface area contributed by atoms with Crippen molar-refractivity contribution in [2.45, 2.75) is 138 Å². The van der Waals surface area contributed by atoms with Gasteiger partial charge in [-0.15, -0.1) is 0 Å². The topological polar surface area (TPSA) is 88.8 Å². The monoisotopic (exact) mass is 949 g/mol. The van der Waals surface area contributed by atoms with Crippen molar-refractivity contribution < 1.29 is 18.3 Å². The summed E-state index contributed by atoms with van der Waals surface area (Å²) in [5.41, 5.74) is 11.0. The summed E-state index contributed by atoms with van der Waals surface area (Å²) < 4.78 is 37.6. The van der Waals surface area contributed by atoms with Gasteiger partial charge < -0.3 is 19.4 Å². The molecule has 2 N–H and O–H groups in total. The maximum absolute atomic E-state index is 12.5. The number of benzene rings is 2. The van der Waals surface area contributed by atoms with Gasteiger partial charge in [-0.25, -0.2) is 0 Å². The lowest BCUT2D eigenvalue weighted by atomic mass is 9.48. The highest BCUT2D eigenvalue weighted by Gasteiger charge is 2.64. The minimum Gasteiger partial charge on any atom is -0.487 e. The van der Waals surface area contributed by atoms with E-state index in [1.165, 1.54) is 82.8 Å². The SMILES string of the molecule is C[C@@H]1Cc2c([nH]c3ccccc23)[C@@H](c2ccc(O[C@@H]3CCN(CCCF)C3)cn2)N1C12CC(C1)C2.C[C@@H]1Cc2c([nH]c3ccccc23)[C@@H](c2ccc(O[C@H]3CCN(CCCF)C3)cn2)N1C12CC(C1)C2. The number of alkyl halides is 2. The van der Waals surface area contributed by atoms with E-state index in [1.807, 2.05) is 12.4 Å². The largest absolute Gasteiger partial charge is 0.487 e. The van der Waals surface area contributed by atoms with E-state index in [0.29, 0.717) is 36.0 Å². The summed E-state index contributed by atoms with van der Waals surface area (Å²) in [6.45, 7) is 9.67. The van der Waals surface area contributed by atoms with Gasteiger partial charge in [-0.1, -0.05) is 36.4 Å². The van der Waals surface area contributed by atoms with Crippen molar-refractivity contribution in [2.24, 2.45) is 11.8 Å². The van der Waals surface area contributed by atoms with Gasteiger partial charge in [0.15, 0.2) is 0 Å². The Morgan fingerprint density at radius 3 is 1.39 bits per heavy atom. The number of hydrogen-bond donors (Lipinski definition) is 2. The number of likely N-dealkylation sites (tertiary alicyclic amines) is 2. The zero-order chi connectivity index (χ0) is 47.1. The zero-order valence-corrected chi connectivity index (χ0v) is 41.1. The molecular formula is C58H70F2N8O2. The minimum absolute atomic E-state index is 0.152. The predicted molar refractivity (Wildman–Crippen MR) is 271 cm³/mol. The van der Waals surface area contributed by atoms with Gasteiger partial charge in [0.2, 0.25) is 0 Å². The highest BCUT2D eigenvalue weighted by Crippen LogP contribution is 2.65. The van der Waals surface area contributed by atoms with Crippen molar-refractivity contribution in [3.8, 4) is 11.5 Å². The highest BCUT2D eigenvalue weighted by atomic mass is 19.1. The summed E-state index contributed by atoms with van der Waals surface area (Å²) >= 11 is 0. The Hall–Kier alpha value is -4.88. The van der Waals surface area contributed by atoms with Gasteiger partial charge in [-0.2, -0.15) is 0 Å². The van der Waals surface area contributed by atoms with Crippen LogP contribution in [0.3, 0.4) is 0 Å². The molecule has 10 aliphatic rings. The average molecular weight is 949 g/mol. The van der Waals surface area contributed by atoms with Crippen LogP contribution in [0.15, 0.2) is 85.2 Å². The third-order valence-electron chi connectivity index (χ3n) is 18.2. The van der Waals surface area contributed by atoms with Crippen molar-refractivity contribution in [3.63, 3.8) is 0 Å². The number of rotatable bonds is 14. The van der Waals surface area contributed by atoms with Gasteiger partial charge >= 0.3 is 0 Å². The maximum Gasteiger partial charge on any atom is 0.138 e. The van der Waals surface area contributed by atoms with Crippen molar-refractivity contribution in [1.29, 1.82) is 0 Å². The number of aromatic nitrogens is 4. The maximum atomic E-state index is 12.5. The standard InChI is InChI=1S/2C29H35FN4O/c2*1-19-13-24-23-5-2-3-6-25(23)32-27(24)28(34(19)29-14-20(15-29)16-29)26-8-7-21(17-31-26)35-22-9-12-33(18-22)11-4-10-30/h2*2-3,5-8,17,19-20,22,28,32H,4,9-16,18H2,1H3/t19-,20?,22+,28-,29?;19-,20?,22-,28-,29?/m11/s1. The Labute approximate surface area is 411 Å². The molecule has 8 heterocycles. The number of pyridine rings is 2. The molecule has 16 rings (SSSR count). The zero-order valence-electron chi connectivity index (χ0n) is 41.1. The second-order valence-electron chi connectivity index (χ2n) is 22.8. The molecule has 8 fully saturated rings. The van der Waals surface area contributed by atoms with E-state index in [0.717, 1.165) is 99.7 Å². The van der Waals surface area contributed by atoms with E-state index in [2.05, 4.69) is 116 Å². The van der Waals surface area contributed by atoms with Crippen molar-refractivity contribution in [1.82, 2.24) is 39.5 Å². The number of ether oxygens (including phenoxy) is 2. The molecule has 6 saturated carbocycles. The van der Waals surface area contributed by atoms with Gasteiger partial charge in [0.05, 0.1) is 49.2 Å². The van der Waals surface area contributed by atoms with Crippen LogP contribution in [0.1, 0.15) is 124 Å². The van der Waals surface area contributed by atoms with Crippen LogP contribution in [0.5, 0.6) is 11.5 Å². The molecule has 6 aromatic rings. The van der Waals surface area contributed by atoms with Crippen molar-refractivity contribution >= 4 is 21.8 Å². The molecule has 2 aromatic carbocycles. The third-order valence-corrected chi connectivity index (χ3v) is 18.2.